The summed E-state index contributed by atoms with van der Waals surface area (Å²) in [5.41, 5.74) is 1.59. The van der Waals surface area contributed by atoms with Crippen molar-refractivity contribution in [1.82, 2.24) is 15.2 Å². The number of anilines is 1. The van der Waals surface area contributed by atoms with Crippen molar-refractivity contribution < 1.29 is 29.0 Å². The Labute approximate surface area is 211 Å². The zero-order valence-electron chi connectivity index (χ0n) is 19.1. The van der Waals surface area contributed by atoms with Crippen molar-refractivity contribution in [2.75, 3.05) is 23.6 Å². The first-order chi connectivity index (χ1) is 16.7. The van der Waals surface area contributed by atoms with Crippen LogP contribution in [0.1, 0.15) is 28.4 Å². The highest BCUT2D eigenvalue weighted by Gasteiger charge is 2.37. The Morgan fingerprint density at radius 2 is 2.06 bits per heavy atom. The smallest absolute Gasteiger partial charge is 0.411 e. The van der Waals surface area contributed by atoms with Crippen LogP contribution in [0.3, 0.4) is 0 Å². The zero-order valence-corrected chi connectivity index (χ0v) is 20.7. The van der Waals surface area contributed by atoms with Gasteiger partial charge in [-0.2, -0.15) is 0 Å². The van der Waals surface area contributed by atoms with Crippen molar-refractivity contribution in [3.05, 3.63) is 58.2 Å². The van der Waals surface area contributed by atoms with Crippen molar-refractivity contribution in [2.45, 2.75) is 32.4 Å². The molecule has 2 aromatic rings. The number of halogens is 1. The summed E-state index contributed by atoms with van der Waals surface area (Å²) >= 11 is 7.51. The first-order valence-corrected chi connectivity index (χ1v) is 12.3. The maximum absolute atomic E-state index is 12.7. The minimum Gasteiger partial charge on any atom is -0.480 e. The highest BCUT2D eigenvalue weighted by atomic mass is 35.5. The number of carbonyl (C=O) groups excluding carboxylic acids is 3. The van der Waals surface area contributed by atoms with Crippen LogP contribution in [0.2, 0.25) is 5.02 Å². The Morgan fingerprint density at radius 3 is 2.69 bits per heavy atom. The standard InChI is InChI=1S/C23H25ClN4O6S/c1-3-34-23(33)28-12-35-11-17(28)20(29)26-16(22(31)32)9-14-7-8-18(25-10-14)27-21(30)19-13(2)5-4-6-15(19)24/h4-8,10,16-17H,3,9,11-12H2,1-2H3,(H,26,29)(H,31,32)(H,25,27,30)/t16-,17+/m0/s1. The van der Waals surface area contributed by atoms with Gasteiger partial charge in [0.25, 0.3) is 5.91 Å². The molecule has 2 atom stereocenters. The number of nitrogens with one attached hydrogen (secondary N) is 2. The lowest BCUT2D eigenvalue weighted by atomic mass is 10.1. The van der Waals surface area contributed by atoms with E-state index in [9.17, 15) is 24.3 Å². The lowest BCUT2D eigenvalue weighted by molar-refractivity contribution is -0.142. The molecule has 186 valence electrons. The van der Waals surface area contributed by atoms with E-state index in [1.807, 2.05) is 0 Å². The van der Waals surface area contributed by atoms with Crippen LogP contribution in [0, 0.1) is 6.92 Å². The number of carbonyl (C=O) groups is 4. The maximum Gasteiger partial charge on any atom is 0.411 e. The Balaban J connectivity index is 1.63. The van der Waals surface area contributed by atoms with Crippen LogP contribution in [0.15, 0.2) is 36.5 Å². The molecule has 3 rings (SSSR count). The summed E-state index contributed by atoms with van der Waals surface area (Å²) in [6.07, 6.45) is 0.775. The summed E-state index contributed by atoms with van der Waals surface area (Å²) in [6, 6.07) is 6.25. The minimum atomic E-state index is -1.23. The summed E-state index contributed by atoms with van der Waals surface area (Å²) in [5, 5.41) is 15.1. The fourth-order valence-corrected chi connectivity index (χ4v) is 4.92. The van der Waals surface area contributed by atoms with Gasteiger partial charge in [-0.05, 0) is 37.1 Å². The Morgan fingerprint density at radius 1 is 1.29 bits per heavy atom. The molecule has 0 radical (unpaired) electrons. The summed E-state index contributed by atoms with van der Waals surface area (Å²) in [5.74, 6) is -1.30. The van der Waals surface area contributed by atoms with Gasteiger partial charge in [-0.1, -0.05) is 29.8 Å². The molecule has 1 aromatic heterocycles. The molecule has 0 bridgehead atoms. The molecule has 0 unspecified atom stereocenters. The number of benzene rings is 1. The second-order valence-corrected chi connectivity index (χ2v) is 9.13. The molecule has 3 amide bonds. The van der Waals surface area contributed by atoms with Gasteiger partial charge >= 0.3 is 12.1 Å². The van der Waals surface area contributed by atoms with Gasteiger partial charge in [-0.25, -0.2) is 14.6 Å². The molecule has 0 spiro atoms. The van der Waals surface area contributed by atoms with Crippen LogP contribution >= 0.6 is 23.4 Å². The third-order valence-corrected chi connectivity index (χ3v) is 6.58. The van der Waals surface area contributed by atoms with E-state index < -0.39 is 36.0 Å². The minimum absolute atomic E-state index is 0.0365. The van der Waals surface area contributed by atoms with Crippen LogP contribution < -0.4 is 10.6 Å². The highest BCUT2D eigenvalue weighted by molar-refractivity contribution is 7.99. The number of nitrogens with zero attached hydrogens (tertiary/aromatic N) is 2. The van der Waals surface area contributed by atoms with E-state index in [4.69, 9.17) is 16.3 Å². The van der Waals surface area contributed by atoms with Crippen molar-refractivity contribution in [3.8, 4) is 0 Å². The van der Waals surface area contributed by atoms with Crippen LogP contribution in [-0.2, 0) is 20.7 Å². The van der Waals surface area contributed by atoms with E-state index in [-0.39, 0.29) is 18.8 Å². The van der Waals surface area contributed by atoms with E-state index in [0.29, 0.717) is 33.3 Å². The number of hydrogen-bond donors (Lipinski definition) is 3. The molecule has 1 aliphatic heterocycles. The molecule has 0 aliphatic carbocycles. The molecule has 1 fully saturated rings. The molecular weight excluding hydrogens is 496 g/mol. The third-order valence-electron chi connectivity index (χ3n) is 5.26. The van der Waals surface area contributed by atoms with Gasteiger partial charge in [0.2, 0.25) is 5.91 Å². The van der Waals surface area contributed by atoms with Crippen LogP contribution in [-0.4, -0.2) is 69.2 Å². The molecule has 3 N–H and O–H groups in total. The van der Waals surface area contributed by atoms with Crippen molar-refractivity contribution in [2.24, 2.45) is 0 Å². The first-order valence-electron chi connectivity index (χ1n) is 10.8. The number of carboxylic acid groups (broad SMARTS) is 1. The number of amides is 3. The lowest BCUT2D eigenvalue weighted by Gasteiger charge is -2.24. The quantitative estimate of drug-likeness (QED) is 0.483. The maximum atomic E-state index is 12.7. The number of ether oxygens (including phenoxy) is 1. The molecule has 1 aromatic carbocycles. The van der Waals surface area contributed by atoms with Crippen LogP contribution in [0.25, 0.3) is 0 Å². The highest BCUT2D eigenvalue weighted by Crippen LogP contribution is 2.23. The fraction of sp³-hybridized carbons (Fsp3) is 0.348. The van der Waals surface area contributed by atoms with E-state index in [0.717, 1.165) is 0 Å². The summed E-state index contributed by atoms with van der Waals surface area (Å²) < 4.78 is 4.97. The van der Waals surface area contributed by atoms with Gasteiger partial charge < -0.3 is 20.5 Å². The third kappa shape index (κ3) is 6.64. The normalized spacial score (nSPS) is 15.9. The molecule has 1 aliphatic rings. The summed E-state index contributed by atoms with van der Waals surface area (Å²) in [6.45, 7) is 3.61. The molecule has 2 heterocycles. The average molecular weight is 521 g/mol. The van der Waals surface area contributed by atoms with Crippen molar-refractivity contribution >= 4 is 53.1 Å². The molecule has 12 heteroatoms. The number of thioether (sulfide) groups is 1. The van der Waals surface area contributed by atoms with Gasteiger partial charge in [0, 0.05) is 18.4 Å². The SMILES string of the molecule is CCOC(=O)N1CSC[C@@H]1C(=O)N[C@@H](Cc1ccc(NC(=O)c2c(C)cccc2Cl)nc1)C(=O)O. The fourth-order valence-electron chi connectivity index (χ4n) is 3.47. The molecule has 35 heavy (non-hydrogen) atoms. The van der Waals surface area contributed by atoms with Crippen molar-refractivity contribution in [1.29, 1.82) is 0 Å². The summed E-state index contributed by atoms with van der Waals surface area (Å²) in [4.78, 5) is 54.6. The Hall–Kier alpha value is -3.31. The van der Waals surface area contributed by atoms with Crippen LogP contribution in [0.4, 0.5) is 10.6 Å². The number of aromatic nitrogens is 1. The van der Waals surface area contributed by atoms with Gasteiger partial charge in [0.15, 0.2) is 0 Å². The number of rotatable bonds is 8. The number of pyridine rings is 1. The lowest BCUT2D eigenvalue weighted by Crippen LogP contribution is -2.52. The van der Waals surface area contributed by atoms with E-state index in [2.05, 4.69) is 15.6 Å². The second-order valence-electron chi connectivity index (χ2n) is 7.73. The molecule has 0 saturated carbocycles. The Bertz CT molecular complexity index is 1090. The van der Waals surface area contributed by atoms with Gasteiger partial charge in [0.05, 0.1) is 23.1 Å². The number of carboxylic acids is 1. The van der Waals surface area contributed by atoms with E-state index in [1.54, 1.807) is 38.1 Å². The predicted octanol–water partition coefficient (Wildman–Crippen LogP) is 2.94. The van der Waals surface area contributed by atoms with E-state index in [1.165, 1.54) is 28.9 Å². The zero-order chi connectivity index (χ0) is 25.5. The second kappa shape index (κ2) is 11.9. The number of aliphatic carboxylic acids is 1. The number of hydrogen-bond acceptors (Lipinski definition) is 7. The average Bonchev–Trinajstić information content (AvgIpc) is 3.30. The Kier molecular flexibility index (Phi) is 8.94. The molecule has 1 saturated heterocycles. The molecule has 10 nitrogen and oxygen atoms in total. The largest absolute Gasteiger partial charge is 0.480 e. The first kappa shape index (κ1) is 26.3. The van der Waals surface area contributed by atoms with Crippen LogP contribution in [0.5, 0.6) is 0 Å². The molecular formula is C23H25ClN4O6S. The predicted molar refractivity (Wildman–Crippen MR) is 132 cm³/mol. The van der Waals surface area contributed by atoms with Crippen molar-refractivity contribution in [3.63, 3.8) is 0 Å². The van der Waals surface area contributed by atoms with Gasteiger partial charge in [-0.15, -0.1) is 11.8 Å². The number of aryl methyl sites for hydroxylation is 1. The topological polar surface area (TPSA) is 138 Å². The van der Waals surface area contributed by atoms with E-state index >= 15 is 0 Å². The summed E-state index contributed by atoms with van der Waals surface area (Å²) in [7, 11) is 0. The van der Waals surface area contributed by atoms with Gasteiger partial charge in [0.1, 0.15) is 17.9 Å². The monoisotopic (exact) mass is 520 g/mol. The van der Waals surface area contributed by atoms with Gasteiger partial charge in [-0.3, -0.25) is 14.5 Å².